The van der Waals surface area contributed by atoms with Crippen LogP contribution in [0, 0.1) is 20.8 Å². The second-order valence-corrected chi connectivity index (χ2v) is 4.49. The van der Waals surface area contributed by atoms with Gasteiger partial charge in [-0.05, 0) is 37.5 Å². The first-order chi connectivity index (χ1) is 8.47. The van der Waals surface area contributed by atoms with Gasteiger partial charge in [-0.3, -0.25) is 0 Å². The summed E-state index contributed by atoms with van der Waals surface area (Å²) in [5.74, 6) is -1.08. The summed E-state index contributed by atoms with van der Waals surface area (Å²) in [5.41, 5.74) is 4.34. The van der Waals surface area contributed by atoms with Crippen molar-refractivity contribution in [1.82, 2.24) is 0 Å². The van der Waals surface area contributed by atoms with Gasteiger partial charge in [0.05, 0.1) is 6.61 Å². The fourth-order valence-electron chi connectivity index (χ4n) is 2.29. The molecule has 4 nitrogen and oxygen atoms in total. The molecule has 2 aromatic rings. The normalized spacial score (nSPS) is 11.1. The minimum Gasteiger partial charge on any atom is -0.475 e. The van der Waals surface area contributed by atoms with Gasteiger partial charge in [0.25, 0.3) is 0 Å². The van der Waals surface area contributed by atoms with E-state index < -0.39 is 5.97 Å². The lowest BCUT2D eigenvalue weighted by atomic mass is 9.99. The van der Waals surface area contributed by atoms with E-state index >= 15 is 0 Å². The molecule has 0 aliphatic rings. The monoisotopic (exact) mass is 248 g/mol. The van der Waals surface area contributed by atoms with Crippen molar-refractivity contribution in [3.8, 4) is 0 Å². The van der Waals surface area contributed by atoms with Gasteiger partial charge in [0.1, 0.15) is 5.58 Å². The number of ether oxygens (including phenoxy) is 1. The van der Waals surface area contributed by atoms with Crippen LogP contribution in [0.1, 0.15) is 32.8 Å². The highest BCUT2D eigenvalue weighted by Crippen LogP contribution is 2.33. The van der Waals surface area contributed by atoms with E-state index in [1.54, 1.807) is 7.11 Å². The Labute approximate surface area is 105 Å². The third-order valence-corrected chi connectivity index (χ3v) is 3.25. The molecule has 4 heteroatoms. The van der Waals surface area contributed by atoms with Gasteiger partial charge in [-0.25, -0.2) is 4.79 Å². The van der Waals surface area contributed by atoms with Crippen LogP contribution in [0.4, 0.5) is 0 Å². The summed E-state index contributed by atoms with van der Waals surface area (Å²) in [6.07, 6.45) is 0. The van der Waals surface area contributed by atoms with E-state index in [9.17, 15) is 9.90 Å². The molecule has 1 aromatic carbocycles. The number of benzene rings is 1. The predicted molar refractivity (Wildman–Crippen MR) is 68.1 cm³/mol. The van der Waals surface area contributed by atoms with Crippen molar-refractivity contribution in [3.05, 3.63) is 34.1 Å². The highest BCUT2D eigenvalue weighted by atomic mass is 16.5. The van der Waals surface area contributed by atoms with E-state index in [1.165, 1.54) is 0 Å². The second-order valence-electron chi connectivity index (χ2n) is 4.49. The van der Waals surface area contributed by atoms with Crippen LogP contribution in [0.5, 0.6) is 0 Å². The molecule has 96 valence electrons. The van der Waals surface area contributed by atoms with Crippen LogP contribution in [-0.4, -0.2) is 18.2 Å². The van der Waals surface area contributed by atoms with Crippen LogP contribution in [0.25, 0.3) is 11.0 Å². The first-order valence-corrected chi connectivity index (χ1v) is 5.71. The summed E-state index contributed by atoms with van der Waals surface area (Å²) in [6.45, 7) is 6.11. The van der Waals surface area contributed by atoms with Crippen molar-refractivity contribution in [2.45, 2.75) is 27.4 Å². The number of furan rings is 1. The number of aryl methyl sites for hydroxylation is 3. The van der Waals surface area contributed by atoms with Crippen molar-refractivity contribution in [3.63, 3.8) is 0 Å². The molecule has 0 amide bonds. The highest BCUT2D eigenvalue weighted by Gasteiger charge is 2.22. The summed E-state index contributed by atoms with van der Waals surface area (Å²) in [6, 6.07) is 2.04. The Kier molecular flexibility index (Phi) is 3.13. The van der Waals surface area contributed by atoms with E-state index in [0.717, 1.165) is 22.1 Å². The third kappa shape index (κ3) is 1.78. The number of aromatic carboxylic acids is 1. The van der Waals surface area contributed by atoms with E-state index in [1.807, 2.05) is 26.8 Å². The van der Waals surface area contributed by atoms with E-state index in [-0.39, 0.29) is 12.4 Å². The van der Waals surface area contributed by atoms with Gasteiger partial charge >= 0.3 is 5.97 Å². The molecular weight excluding hydrogens is 232 g/mol. The standard InChI is InChI=1S/C14H16O4/c1-7-5-8(2)11-10(6-17-4)13(14(15)16)18-12(11)9(7)3/h5H,6H2,1-4H3,(H,15,16). The number of carbonyl (C=O) groups is 1. The number of hydrogen-bond donors (Lipinski definition) is 1. The zero-order valence-corrected chi connectivity index (χ0v) is 11.0. The molecule has 0 atom stereocenters. The van der Waals surface area contributed by atoms with Crippen LogP contribution in [0.2, 0.25) is 0 Å². The molecule has 0 unspecified atom stereocenters. The molecule has 0 spiro atoms. The van der Waals surface area contributed by atoms with Crippen molar-refractivity contribution < 1.29 is 19.1 Å². The zero-order chi connectivity index (χ0) is 13.4. The Bertz CT molecular complexity index is 622. The van der Waals surface area contributed by atoms with Crippen LogP contribution in [-0.2, 0) is 11.3 Å². The van der Waals surface area contributed by atoms with Gasteiger partial charge in [0.15, 0.2) is 0 Å². The average molecular weight is 248 g/mol. The van der Waals surface area contributed by atoms with Crippen molar-refractivity contribution in [1.29, 1.82) is 0 Å². The largest absolute Gasteiger partial charge is 0.475 e. The summed E-state index contributed by atoms with van der Waals surface area (Å²) in [5, 5.41) is 10.1. The minimum atomic E-state index is -1.06. The fraction of sp³-hybridized carbons (Fsp3) is 0.357. The van der Waals surface area contributed by atoms with E-state index in [2.05, 4.69) is 0 Å². The lowest BCUT2D eigenvalue weighted by Crippen LogP contribution is -2.00. The molecule has 0 aliphatic carbocycles. The van der Waals surface area contributed by atoms with Crippen molar-refractivity contribution in [2.75, 3.05) is 7.11 Å². The molecule has 0 saturated heterocycles. The number of methoxy groups -OCH3 is 1. The maximum Gasteiger partial charge on any atom is 0.372 e. The van der Waals surface area contributed by atoms with Crippen LogP contribution >= 0.6 is 0 Å². The molecule has 0 bridgehead atoms. The topological polar surface area (TPSA) is 59.7 Å². The Hall–Kier alpha value is -1.81. The SMILES string of the molecule is COCc1c(C(=O)O)oc2c(C)c(C)cc(C)c12. The van der Waals surface area contributed by atoms with E-state index in [4.69, 9.17) is 9.15 Å². The number of carboxylic acid groups (broad SMARTS) is 1. The number of rotatable bonds is 3. The summed E-state index contributed by atoms with van der Waals surface area (Å²) in [4.78, 5) is 11.2. The predicted octanol–water partition coefficient (Wildman–Crippen LogP) is 3.20. The molecule has 18 heavy (non-hydrogen) atoms. The zero-order valence-electron chi connectivity index (χ0n) is 11.0. The van der Waals surface area contributed by atoms with Gasteiger partial charge < -0.3 is 14.3 Å². The first-order valence-electron chi connectivity index (χ1n) is 5.71. The maximum absolute atomic E-state index is 11.2. The Morgan fingerprint density at radius 3 is 2.56 bits per heavy atom. The quantitative estimate of drug-likeness (QED) is 0.906. The third-order valence-electron chi connectivity index (χ3n) is 3.25. The molecule has 2 rings (SSSR count). The van der Waals surface area contributed by atoms with Crippen LogP contribution < -0.4 is 0 Å². The smallest absolute Gasteiger partial charge is 0.372 e. The number of hydrogen-bond acceptors (Lipinski definition) is 3. The van der Waals surface area contributed by atoms with E-state index in [0.29, 0.717) is 11.1 Å². The summed E-state index contributed by atoms with van der Waals surface area (Å²) < 4.78 is 10.6. The van der Waals surface area contributed by atoms with Crippen molar-refractivity contribution >= 4 is 16.9 Å². The lowest BCUT2D eigenvalue weighted by Gasteiger charge is -2.05. The molecule has 1 N–H and O–H groups in total. The molecule has 0 radical (unpaired) electrons. The van der Waals surface area contributed by atoms with Gasteiger partial charge in [0, 0.05) is 18.1 Å². The van der Waals surface area contributed by atoms with Crippen LogP contribution in [0.3, 0.4) is 0 Å². The van der Waals surface area contributed by atoms with Gasteiger partial charge in [0.2, 0.25) is 5.76 Å². The molecule has 0 aliphatic heterocycles. The Morgan fingerprint density at radius 1 is 1.33 bits per heavy atom. The minimum absolute atomic E-state index is 0.0244. The van der Waals surface area contributed by atoms with Gasteiger partial charge in [-0.2, -0.15) is 0 Å². The average Bonchev–Trinajstić information content (AvgIpc) is 2.67. The van der Waals surface area contributed by atoms with Gasteiger partial charge in [-0.1, -0.05) is 6.07 Å². The summed E-state index contributed by atoms with van der Waals surface area (Å²) >= 11 is 0. The maximum atomic E-state index is 11.2. The van der Waals surface area contributed by atoms with Crippen LogP contribution in [0.15, 0.2) is 10.5 Å². The van der Waals surface area contributed by atoms with Gasteiger partial charge in [-0.15, -0.1) is 0 Å². The molecule has 0 fully saturated rings. The highest BCUT2D eigenvalue weighted by molar-refractivity contribution is 5.97. The molecular formula is C14H16O4. The summed E-state index contributed by atoms with van der Waals surface area (Å²) in [7, 11) is 1.54. The molecule has 0 saturated carbocycles. The van der Waals surface area contributed by atoms with Crippen molar-refractivity contribution in [2.24, 2.45) is 0 Å². The fourth-order valence-corrected chi connectivity index (χ4v) is 2.29. The Balaban J connectivity index is 2.89. The molecule has 1 heterocycles. The number of carboxylic acids is 1. The lowest BCUT2D eigenvalue weighted by molar-refractivity contribution is 0.0658. The Morgan fingerprint density at radius 2 is 2.00 bits per heavy atom. The molecule has 1 aromatic heterocycles. The first kappa shape index (κ1) is 12.6. The number of fused-ring (bicyclic) bond motifs is 1. The second kappa shape index (κ2) is 4.46.